The Morgan fingerprint density at radius 2 is 1.63 bits per heavy atom. The zero-order chi connectivity index (χ0) is 36.3. The molecule has 12 nitrogen and oxygen atoms in total. The molecule has 0 aromatic carbocycles. The second kappa shape index (κ2) is 15.3. The quantitative estimate of drug-likeness (QED) is 0.363. The predicted octanol–water partition coefficient (Wildman–Crippen LogP) is 3.42. The van der Waals surface area contributed by atoms with E-state index in [0.717, 1.165) is 49.7 Å². The highest BCUT2D eigenvalue weighted by Gasteiger charge is 2.59. The lowest BCUT2D eigenvalue weighted by Gasteiger charge is -2.47. The van der Waals surface area contributed by atoms with Crippen LogP contribution in [0, 0.1) is 11.8 Å². The predicted molar refractivity (Wildman–Crippen MR) is 188 cm³/mol. The highest BCUT2D eigenvalue weighted by atomic mass is 16.7. The van der Waals surface area contributed by atoms with Gasteiger partial charge in [-0.2, -0.15) is 0 Å². The average Bonchev–Trinajstić information content (AvgIpc) is 3.72. The van der Waals surface area contributed by atoms with Gasteiger partial charge in [-0.3, -0.25) is 4.79 Å². The highest BCUT2D eigenvalue weighted by molar-refractivity contribution is 5.79. The molecule has 1 spiro atoms. The van der Waals surface area contributed by atoms with Gasteiger partial charge >= 0.3 is 0 Å². The normalized spacial score (nSPS) is 50.4. The average molecular weight is 732 g/mol. The number of aliphatic hydroxyl groups excluding tert-OH is 2. The summed E-state index contributed by atoms with van der Waals surface area (Å²) < 4.78 is 52.9. The number of aliphatic hydroxyl groups is 2. The van der Waals surface area contributed by atoms with E-state index in [1.807, 2.05) is 0 Å². The van der Waals surface area contributed by atoms with E-state index in [1.165, 1.54) is 0 Å². The van der Waals surface area contributed by atoms with Gasteiger partial charge in [-0.25, -0.2) is 0 Å². The minimum atomic E-state index is -0.947. The smallest absolute Gasteiger partial charge is 0.172 e. The van der Waals surface area contributed by atoms with Crippen LogP contribution in [-0.2, 0) is 42.7 Å². The van der Waals surface area contributed by atoms with Crippen LogP contribution < -0.4 is 5.73 Å². The Morgan fingerprint density at radius 1 is 0.846 bits per heavy atom. The van der Waals surface area contributed by atoms with Crippen molar-refractivity contribution < 1.29 is 52.9 Å². The molecule has 10 bridgehead atoms. The SMILES string of the molecule is C=C1CC2CCC34CC(O)C(O3)C3CC(O4)C4OC(CCC4O3)CC(=O)CC3C(CC4OC(CCC1O2)CC(C)C4=C)OC(CC(O)CN)C3OC. The molecule has 52 heavy (non-hydrogen) atoms. The number of carbonyl (C=O) groups is 1. The van der Waals surface area contributed by atoms with Crippen LogP contribution in [-0.4, -0.2) is 127 Å². The molecule has 292 valence electrons. The zero-order valence-corrected chi connectivity index (χ0v) is 31.0. The summed E-state index contributed by atoms with van der Waals surface area (Å²) in [6.07, 6.45) is 3.90. The second-order valence-electron chi connectivity index (χ2n) is 17.2. The Bertz CT molecular complexity index is 1330. The first-order valence-electron chi connectivity index (χ1n) is 20.1. The number of ketones is 1. The fraction of sp³-hybridized carbons (Fsp3) is 0.875. The van der Waals surface area contributed by atoms with Gasteiger partial charge in [0.2, 0.25) is 0 Å². The van der Waals surface area contributed by atoms with E-state index in [0.29, 0.717) is 38.5 Å². The summed E-state index contributed by atoms with van der Waals surface area (Å²) in [5.41, 5.74) is 7.96. The van der Waals surface area contributed by atoms with Gasteiger partial charge in [0.05, 0.1) is 79.4 Å². The molecule has 8 fully saturated rings. The summed E-state index contributed by atoms with van der Waals surface area (Å²) in [5.74, 6) is -0.819. The monoisotopic (exact) mass is 731 g/mol. The van der Waals surface area contributed by atoms with Gasteiger partial charge in [-0.05, 0) is 62.0 Å². The van der Waals surface area contributed by atoms with E-state index in [1.54, 1.807) is 7.11 Å². The van der Waals surface area contributed by atoms with E-state index in [-0.39, 0.29) is 104 Å². The Balaban J connectivity index is 1.06. The van der Waals surface area contributed by atoms with Crippen LogP contribution in [0.3, 0.4) is 0 Å². The van der Waals surface area contributed by atoms with Crippen molar-refractivity contribution in [3.05, 3.63) is 24.3 Å². The number of fused-ring (bicyclic) bond motifs is 9. The van der Waals surface area contributed by atoms with Crippen LogP contribution in [0.25, 0.3) is 0 Å². The number of nitrogens with two attached hydrogens (primary N) is 1. The molecule has 0 aromatic heterocycles. The van der Waals surface area contributed by atoms with Crippen molar-refractivity contribution in [3.8, 4) is 0 Å². The molecular formula is C40H61NO11. The van der Waals surface area contributed by atoms with Crippen molar-refractivity contribution in [2.75, 3.05) is 13.7 Å². The van der Waals surface area contributed by atoms with Gasteiger partial charge in [0.25, 0.3) is 0 Å². The topological polar surface area (TPSA) is 157 Å². The Morgan fingerprint density at radius 3 is 2.44 bits per heavy atom. The number of ether oxygens (including phenoxy) is 8. The van der Waals surface area contributed by atoms with Crippen molar-refractivity contribution in [2.45, 2.75) is 194 Å². The molecule has 8 aliphatic rings. The van der Waals surface area contributed by atoms with Gasteiger partial charge in [-0.1, -0.05) is 20.1 Å². The molecule has 4 N–H and O–H groups in total. The Labute approximate surface area is 308 Å². The molecule has 0 radical (unpaired) electrons. The summed E-state index contributed by atoms with van der Waals surface area (Å²) in [6, 6.07) is 0. The molecule has 8 heterocycles. The molecular weight excluding hydrogens is 670 g/mol. The number of methoxy groups -OCH3 is 1. The molecule has 18 atom stereocenters. The third kappa shape index (κ3) is 7.48. The standard InChI is InChI=1S/C40H61NO11/c1-20-11-25-5-7-30-21(2)12-27(46-30)9-10-40-18-29(44)38(52-40)35-17-36(51-40)39-31(49-35)8-6-26(48-39)13-23(42)14-28-33(16-32(47-25)22(20)3)50-34(37(28)45-4)15-24(43)19-41/h20,24-39,43-44H,2-3,5-19,41H2,1,4H3. The molecule has 0 amide bonds. The molecule has 8 rings (SSSR count). The minimum absolute atomic E-state index is 0.00397. The molecule has 12 heteroatoms. The maximum Gasteiger partial charge on any atom is 0.172 e. The zero-order valence-electron chi connectivity index (χ0n) is 31.0. The summed E-state index contributed by atoms with van der Waals surface area (Å²) in [7, 11) is 1.65. The van der Waals surface area contributed by atoms with E-state index in [9.17, 15) is 15.0 Å². The third-order valence-corrected chi connectivity index (χ3v) is 13.6. The van der Waals surface area contributed by atoms with Gasteiger partial charge in [0.1, 0.15) is 18.0 Å². The van der Waals surface area contributed by atoms with E-state index in [2.05, 4.69) is 20.1 Å². The van der Waals surface area contributed by atoms with E-state index < -0.39 is 30.2 Å². The first-order valence-corrected chi connectivity index (χ1v) is 20.1. The number of hydrogen-bond acceptors (Lipinski definition) is 12. The highest BCUT2D eigenvalue weighted by Crippen LogP contribution is 2.49. The van der Waals surface area contributed by atoms with Crippen LogP contribution in [0.15, 0.2) is 24.3 Å². The van der Waals surface area contributed by atoms with Gasteiger partial charge in [-0.15, -0.1) is 0 Å². The Kier molecular flexibility index (Phi) is 11.1. The lowest BCUT2D eigenvalue weighted by Crippen LogP contribution is -2.58. The van der Waals surface area contributed by atoms with E-state index >= 15 is 0 Å². The summed E-state index contributed by atoms with van der Waals surface area (Å²) in [5, 5.41) is 21.7. The molecule has 8 saturated heterocycles. The molecule has 0 aliphatic carbocycles. The van der Waals surface area contributed by atoms with E-state index in [4.69, 9.17) is 43.6 Å². The molecule has 8 aliphatic heterocycles. The molecule has 0 saturated carbocycles. The third-order valence-electron chi connectivity index (χ3n) is 13.6. The molecule has 0 aromatic rings. The molecule has 18 unspecified atom stereocenters. The Hall–Kier alpha value is -1.29. The summed E-state index contributed by atoms with van der Waals surface area (Å²) in [4.78, 5) is 14.0. The van der Waals surface area contributed by atoms with Crippen LogP contribution >= 0.6 is 0 Å². The first-order chi connectivity index (χ1) is 25.0. The second-order valence-corrected chi connectivity index (χ2v) is 17.2. The lowest BCUT2D eigenvalue weighted by molar-refractivity contribution is -0.277. The maximum atomic E-state index is 14.0. The van der Waals surface area contributed by atoms with Crippen LogP contribution in [0.2, 0.25) is 0 Å². The number of Topliss-reactive ketones (excluding diaryl/α,β-unsaturated/α-hetero) is 1. The first kappa shape index (κ1) is 37.6. The summed E-state index contributed by atoms with van der Waals surface area (Å²) in [6.45, 7) is 11.2. The van der Waals surface area contributed by atoms with Crippen molar-refractivity contribution in [3.63, 3.8) is 0 Å². The lowest BCUT2D eigenvalue weighted by atomic mass is 9.81. The number of carbonyl (C=O) groups excluding carboxylic acids is 1. The maximum absolute atomic E-state index is 14.0. The van der Waals surface area contributed by atoms with Crippen LogP contribution in [0.5, 0.6) is 0 Å². The van der Waals surface area contributed by atoms with Crippen molar-refractivity contribution in [1.82, 2.24) is 0 Å². The van der Waals surface area contributed by atoms with Crippen molar-refractivity contribution in [2.24, 2.45) is 17.6 Å². The minimum Gasteiger partial charge on any atom is -0.392 e. The van der Waals surface area contributed by atoms with Crippen LogP contribution in [0.4, 0.5) is 0 Å². The van der Waals surface area contributed by atoms with Crippen molar-refractivity contribution in [1.29, 1.82) is 0 Å². The number of hydrogen-bond donors (Lipinski definition) is 3. The number of rotatable bonds is 4. The van der Waals surface area contributed by atoms with Gasteiger partial charge in [0.15, 0.2) is 5.79 Å². The fourth-order valence-corrected chi connectivity index (χ4v) is 10.8. The fourth-order valence-electron chi connectivity index (χ4n) is 10.8. The van der Waals surface area contributed by atoms with Gasteiger partial charge in [0, 0.05) is 64.5 Å². The largest absolute Gasteiger partial charge is 0.392 e. The summed E-state index contributed by atoms with van der Waals surface area (Å²) >= 11 is 0. The van der Waals surface area contributed by atoms with Crippen LogP contribution in [0.1, 0.15) is 96.8 Å². The van der Waals surface area contributed by atoms with Gasteiger partial charge < -0.3 is 53.8 Å². The van der Waals surface area contributed by atoms with Crippen molar-refractivity contribution >= 4 is 5.78 Å².